The number of carbonyl (C=O) groups is 1. The van der Waals surface area contributed by atoms with Crippen molar-refractivity contribution < 1.29 is 4.79 Å². The number of carbonyl (C=O) groups excluding carboxylic acids is 1. The Hall–Kier alpha value is -0.900. The maximum Gasteiger partial charge on any atom is 0.243 e. The maximum atomic E-state index is 13.1. The van der Waals surface area contributed by atoms with Crippen LogP contribution in [0.4, 0.5) is 0 Å². The van der Waals surface area contributed by atoms with Crippen molar-refractivity contribution >= 4 is 17.7 Å². The number of nitrogens with one attached hydrogen (secondary N) is 1. The van der Waals surface area contributed by atoms with E-state index in [1.807, 2.05) is 36.3 Å². The molecule has 4 saturated carbocycles. The molecule has 1 heterocycles. The molecule has 25 heavy (non-hydrogen) atoms. The van der Waals surface area contributed by atoms with E-state index in [4.69, 9.17) is 0 Å². The minimum atomic E-state index is -0.0705. The zero-order valence-electron chi connectivity index (χ0n) is 15.6. The molecule has 4 aliphatic rings. The first kappa shape index (κ1) is 17.5. The van der Waals surface area contributed by atoms with E-state index in [9.17, 15) is 4.79 Å². The second kappa shape index (κ2) is 7.02. The Morgan fingerprint density at radius 3 is 2.24 bits per heavy atom. The van der Waals surface area contributed by atoms with Gasteiger partial charge in [-0.1, -0.05) is 0 Å². The van der Waals surface area contributed by atoms with Gasteiger partial charge in [0.15, 0.2) is 0 Å². The average Bonchev–Trinajstić information content (AvgIpc) is 3.08. The van der Waals surface area contributed by atoms with Crippen molar-refractivity contribution in [3.63, 3.8) is 0 Å². The van der Waals surface area contributed by atoms with E-state index in [0.29, 0.717) is 11.5 Å². The highest BCUT2D eigenvalue weighted by atomic mass is 32.2. The van der Waals surface area contributed by atoms with Gasteiger partial charge in [-0.25, -0.2) is 0 Å². The van der Waals surface area contributed by atoms with Crippen LogP contribution in [-0.4, -0.2) is 28.5 Å². The summed E-state index contributed by atoms with van der Waals surface area (Å²) in [6.07, 6.45) is 15.5. The highest BCUT2D eigenvalue weighted by Crippen LogP contribution is 2.61. The molecule has 0 radical (unpaired) electrons. The molecule has 2 atom stereocenters. The number of thioether (sulfide) groups is 1. The van der Waals surface area contributed by atoms with E-state index < -0.39 is 0 Å². The molecular formula is C21H32N2OS. The summed E-state index contributed by atoms with van der Waals surface area (Å²) in [6.45, 7) is 2.28. The number of hydrogen-bond acceptors (Lipinski definition) is 2. The second-order valence-corrected chi connectivity index (χ2v) is 9.92. The van der Waals surface area contributed by atoms with Crippen molar-refractivity contribution in [2.75, 3.05) is 12.0 Å². The van der Waals surface area contributed by atoms with Crippen molar-refractivity contribution in [2.24, 2.45) is 23.2 Å². The van der Waals surface area contributed by atoms with Gasteiger partial charge in [0.1, 0.15) is 6.04 Å². The van der Waals surface area contributed by atoms with Gasteiger partial charge in [-0.2, -0.15) is 11.8 Å². The highest BCUT2D eigenvalue weighted by molar-refractivity contribution is 7.98. The first-order valence-corrected chi connectivity index (χ1v) is 11.4. The predicted octanol–water partition coefficient (Wildman–Crippen LogP) is 4.50. The van der Waals surface area contributed by atoms with Crippen LogP contribution in [0, 0.1) is 23.2 Å². The smallest absolute Gasteiger partial charge is 0.243 e. The lowest BCUT2D eigenvalue weighted by atomic mass is 9.48. The summed E-state index contributed by atoms with van der Waals surface area (Å²) >= 11 is 1.82. The SMILES string of the molecule is CSCC[C@H](C(=O)N[C@H](C)C12CC3CC(CC(C3)C1)C2)n1cccc1. The summed E-state index contributed by atoms with van der Waals surface area (Å²) in [6, 6.07) is 4.27. The summed E-state index contributed by atoms with van der Waals surface area (Å²) < 4.78 is 2.08. The monoisotopic (exact) mass is 360 g/mol. The fourth-order valence-corrected chi connectivity index (χ4v) is 6.83. The van der Waals surface area contributed by atoms with Crippen LogP contribution in [0.5, 0.6) is 0 Å². The van der Waals surface area contributed by atoms with E-state index in [0.717, 1.165) is 29.9 Å². The van der Waals surface area contributed by atoms with Gasteiger partial charge in [-0.3, -0.25) is 4.79 Å². The molecule has 1 N–H and O–H groups in total. The molecule has 0 unspecified atom stereocenters. The van der Waals surface area contributed by atoms with Crippen LogP contribution < -0.4 is 5.32 Å². The van der Waals surface area contributed by atoms with Crippen LogP contribution in [0.1, 0.15) is 57.9 Å². The van der Waals surface area contributed by atoms with Gasteiger partial charge >= 0.3 is 0 Å². The van der Waals surface area contributed by atoms with E-state index >= 15 is 0 Å². The largest absolute Gasteiger partial charge is 0.351 e. The molecule has 4 heteroatoms. The molecule has 0 saturated heterocycles. The molecule has 0 spiro atoms. The third-order valence-electron chi connectivity index (χ3n) is 7.25. The lowest BCUT2D eigenvalue weighted by Crippen LogP contribution is -2.56. The number of amides is 1. The van der Waals surface area contributed by atoms with Crippen LogP contribution in [-0.2, 0) is 4.79 Å². The van der Waals surface area contributed by atoms with Crippen LogP contribution in [0.2, 0.25) is 0 Å². The van der Waals surface area contributed by atoms with E-state index in [-0.39, 0.29) is 11.9 Å². The van der Waals surface area contributed by atoms with E-state index in [1.165, 1.54) is 38.5 Å². The summed E-state index contributed by atoms with van der Waals surface area (Å²) in [4.78, 5) is 13.1. The van der Waals surface area contributed by atoms with Crippen molar-refractivity contribution in [2.45, 2.75) is 64.0 Å². The Morgan fingerprint density at radius 1 is 1.16 bits per heavy atom. The average molecular weight is 361 g/mol. The topological polar surface area (TPSA) is 34.0 Å². The zero-order chi connectivity index (χ0) is 17.4. The standard InChI is InChI=1S/C21H32N2OS/c1-15(21-12-16-9-17(13-21)11-18(10-16)14-21)22-20(24)19(5-8-25-2)23-6-3-4-7-23/h3-4,6-7,15-19H,5,8-14H2,1-2H3,(H,22,24)/t15-,16?,17?,18?,19-,21?/m1/s1. The fraction of sp³-hybridized carbons (Fsp3) is 0.762. The molecule has 5 rings (SSSR count). The number of aromatic nitrogens is 1. The lowest BCUT2D eigenvalue weighted by molar-refractivity contribution is -0.129. The normalized spacial score (nSPS) is 35.5. The minimum Gasteiger partial charge on any atom is -0.351 e. The minimum absolute atomic E-state index is 0.0705. The number of hydrogen-bond donors (Lipinski definition) is 1. The van der Waals surface area contributed by atoms with Crippen molar-refractivity contribution in [1.29, 1.82) is 0 Å². The summed E-state index contributed by atoms with van der Waals surface area (Å²) in [5.74, 6) is 4.03. The Bertz CT molecular complexity index is 562. The third-order valence-corrected chi connectivity index (χ3v) is 7.89. The highest BCUT2D eigenvalue weighted by Gasteiger charge is 2.53. The van der Waals surface area contributed by atoms with Gasteiger partial charge in [0.05, 0.1) is 0 Å². The molecule has 1 aromatic rings. The lowest BCUT2D eigenvalue weighted by Gasteiger charge is -2.59. The second-order valence-electron chi connectivity index (χ2n) is 8.94. The molecule has 1 amide bonds. The molecule has 4 aliphatic carbocycles. The molecule has 1 aromatic heterocycles. The van der Waals surface area contributed by atoms with Crippen LogP contribution >= 0.6 is 11.8 Å². The molecule has 0 aliphatic heterocycles. The van der Waals surface area contributed by atoms with Crippen molar-refractivity contribution in [3.05, 3.63) is 24.5 Å². The van der Waals surface area contributed by atoms with E-state index in [1.54, 1.807) is 0 Å². The van der Waals surface area contributed by atoms with Crippen LogP contribution in [0.15, 0.2) is 24.5 Å². The number of nitrogens with zero attached hydrogens (tertiary/aromatic N) is 1. The molecule has 4 bridgehead atoms. The van der Waals surface area contributed by atoms with Gasteiger partial charge in [-0.05, 0) is 99.2 Å². The Morgan fingerprint density at radius 2 is 1.72 bits per heavy atom. The molecular weight excluding hydrogens is 328 g/mol. The first-order chi connectivity index (χ1) is 12.1. The van der Waals surface area contributed by atoms with Gasteiger partial charge < -0.3 is 9.88 Å². The molecule has 4 fully saturated rings. The number of rotatable bonds is 7. The predicted molar refractivity (Wildman–Crippen MR) is 105 cm³/mol. The zero-order valence-corrected chi connectivity index (χ0v) is 16.4. The Kier molecular flexibility index (Phi) is 4.91. The van der Waals surface area contributed by atoms with Gasteiger partial charge in [-0.15, -0.1) is 0 Å². The van der Waals surface area contributed by atoms with Gasteiger partial charge in [0, 0.05) is 18.4 Å². The van der Waals surface area contributed by atoms with Crippen molar-refractivity contribution in [1.82, 2.24) is 9.88 Å². The Balaban J connectivity index is 1.46. The summed E-state index contributed by atoms with van der Waals surface area (Å²) in [5.41, 5.74) is 0.380. The van der Waals surface area contributed by atoms with Gasteiger partial charge in [0.25, 0.3) is 0 Å². The first-order valence-electron chi connectivity index (χ1n) is 10.0. The third kappa shape index (κ3) is 3.39. The quantitative estimate of drug-likeness (QED) is 0.776. The van der Waals surface area contributed by atoms with Crippen molar-refractivity contribution in [3.8, 4) is 0 Å². The molecule has 3 nitrogen and oxygen atoms in total. The molecule has 138 valence electrons. The molecule has 0 aromatic carbocycles. The van der Waals surface area contributed by atoms with E-state index in [2.05, 4.69) is 23.1 Å². The van der Waals surface area contributed by atoms with Gasteiger partial charge in [0.2, 0.25) is 5.91 Å². The van der Waals surface area contributed by atoms with Crippen LogP contribution in [0.3, 0.4) is 0 Å². The Labute approximate surface area is 156 Å². The summed E-state index contributed by atoms with van der Waals surface area (Å²) in [7, 11) is 0. The fourth-order valence-electron chi connectivity index (χ4n) is 6.37. The van der Waals surface area contributed by atoms with Crippen LogP contribution in [0.25, 0.3) is 0 Å². The summed E-state index contributed by atoms with van der Waals surface area (Å²) in [5, 5.41) is 3.47. The maximum absolute atomic E-state index is 13.1.